The van der Waals surface area contributed by atoms with Crippen LogP contribution in [0.5, 0.6) is 0 Å². The molecule has 0 saturated carbocycles. The van der Waals surface area contributed by atoms with Crippen molar-refractivity contribution in [2.45, 2.75) is 58.4 Å². The maximum Gasteiger partial charge on any atom is 0.254 e. The third-order valence-electron chi connectivity index (χ3n) is 4.43. The minimum absolute atomic E-state index is 0.0108. The molecule has 0 atom stereocenters. The first-order valence-electron chi connectivity index (χ1n) is 9.54. The van der Waals surface area contributed by atoms with Gasteiger partial charge in [-0.2, -0.15) is 0 Å². The molecule has 0 aliphatic carbocycles. The molecule has 1 aromatic heterocycles. The molecule has 1 N–H and O–H groups in total. The summed E-state index contributed by atoms with van der Waals surface area (Å²) in [6.45, 7) is 2.24. The average molecular weight is 391 g/mol. The summed E-state index contributed by atoms with van der Waals surface area (Å²) < 4.78 is 1.50. The molecule has 0 spiro atoms. The maximum atomic E-state index is 12.7. The topological polar surface area (TPSA) is 72.2 Å². The lowest BCUT2D eigenvalue weighted by molar-refractivity contribution is -0.119. The van der Waals surface area contributed by atoms with Crippen LogP contribution in [0.1, 0.15) is 51.3 Å². The highest BCUT2D eigenvalue weighted by Gasteiger charge is 2.13. The second kappa shape index (κ2) is 11.0. The van der Waals surface area contributed by atoms with Crippen molar-refractivity contribution < 1.29 is 9.90 Å². The van der Waals surface area contributed by atoms with Gasteiger partial charge in [0.05, 0.1) is 12.2 Å². The highest BCUT2D eigenvalue weighted by Crippen LogP contribution is 2.19. The number of carbonyl (C=O) groups is 1. The largest absolute Gasteiger partial charge is 0.396 e. The van der Waals surface area contributed by atoms with Gasteiger partial charge in [-0.15, -0.1) is 0 Å². The van der Waals surface area contributed by atoms with Crippen LogP contribution in [0.15, 0.2) is 35.1 Å². The smallest absolute Gasteiger partial charge is 0.254 e. The number of aryl methyl sites for hydroxylation is 1. The quantitative estimate of drug-likeness (QED) is 0.588. The molecule has 0 radical (unpaired) electrons. The summed E-state index contributed by atoms with van der Waals surface area (Å²) in [5, 5.41) is 9.48. The van der Waals surface area contributed by atoms with Gasteiger partial charge in [0.25, 0.3) is 5.56 Å². The molecule has 146 valence electrons. The number of hydrogen-bond donors (Lipinski definition) is 1. The van der Waals surface area contributed by atoms with Crippen LogP contribution < -0.4 is 5.56 Å². The highest BCUT2D eigenvalue weighted by atomic mass is 35.5. The van der Waals surface area contributed by atoms with Crippen molar-refractivity contribution >= 4 is 17.4 Å². The number of Topliss-reactive ketones (excluding diaryl/α,β-unsaturated/α-hetero) is 1. The zero-order valence-electron chi connectivity index (χ0n) is 15.8. The second-order valence-corrected chi connectivity index (χ2v) is 7.10. The molecule has 2 aromatic rings. The lowest BCUT2D eigenvalue weighted by Crippen LogP contribution is -2.28. The van der Waals surface area contributed by atoms with Crippen LogP contribution in [-0.2, 0) is 17.8 Å². The molecule has 0 saturated heterocycles. The molecule has 6 heteroatoms. The minimum Gasteiger partial charge on any atom is -0.396 e. The molecule has 0 bridgehead atoms. The van der Waals surface area contributed by atoms with Crippen LogP contribution in [0.3, 0.4) is 0 Å². The van der Waals surface area contributed by atoms with Crippen molar-refractivity contribution in [3.8, 4) is 11.3 Å². The van der Waals surface area contributed by atoms with Crippen molar-refractivity contribution in [3.05, 3.63) is 51.5 Å². The number of aromatic nitrogens is 2. The van der Waals surface area contributed by atoms with Gasteiger partial charge in [0.15, 0.2) is 5.78 Å². The van der Waals surface area contributed by atoms with Gasteiger partial charge in [0.1, 0.15) is 5.82 Å². The highest BCUT2D eigenvalue weighted by molar-refractivity contribution is 6.30. The average Bonchev–Trinajstić information content (AvgIpc) is 2.65. The number of aliphatic hydroxyl groups is 1. The van der Waals surface area contributed by atoms with E-state index in [1.54, 1.807) is 12.1 Å². The van der Waals surface area contributed by atoms with Crippen LogP contribution in [0.2, 0.25) is 5.02 Å². The predicted octanol–water partition coefficient (Wildman–Crippen LogP) is 4.03. The lowest BCUT2D eigenvalue weighted by atomic mass is 10.1. The van der Waals surface area contributed by atoms with Gasteiger partial charge in [0.2, 0.25) is 0 Å². The van der Waals surface area contributed by atoms with E-state index in [0.29, 0.717) is 42.2 Å². The van der Waals surface area contributed by atoms with Gasteiger partial charge in [-0.25, -0.2) is 4.98 Å². The summed E-state index contributed by atoms with van der Waals surface area (Å²) in [6.07, 6.45) is 5.29. The summed E-state index contributed by atoms with van der Waals surface area (Å²) in [6, 6.07) is 8.69. The van der Waals surface area contributed by atoms with E-state index >= 15 is 0 Å². The monoisotopic (exact) mass is 390 g/mol. The van der Waals surface area contributed by atoms with E-state index in [1.807, 2.05) is 12.1 Å². The molecule has 0 unspecified atom stereocenters. The van der Waals surface area contributed by atoms with Gasteiger partial charge in [0, 0.05) is 36.1 Å². The van der Waals surface area contributed by atoms with E-state index in [1.165, 1.54) is 10.6 Å². The Morgan fingerprint density at radius 2 is 1.89 bits per heavy atom. The summed E-state index contributed by atoms with van der Waals surface area (Å²) in [4.78, 5) is 29.6. The summed E-state index contributed by atoms with van der Waals surface area (Å²) in [7, 11) is 0. The number of hydrogen-bond acceptors (Lipinski definition) is 4. The van der Waals surface area contributed by atoms with Crippen LogP contribution in [0.4, 0.5) is 0 Å². The normalized spacial score (nSPS) is 10.9. The van der Waals surface area contributed by atoms with Crippen LogP contribution in [-0.4, -0.2) is 27.0 Å². The van der Waals surface area contributed by atoms with Crippen molar-refractivity contribution in [3.63, 3.8) is 0 Å². The van der Waals surface area contributed by atoms with Crippen LogP contribution in [0.25, 0.3) is 11.3 Å². The number of rotatable bonds is 11. The molecule has 0 aliphatic rings. The van der Waals surface area contributed by atoms with Gasteiger partial charge < -0.3 is 5.11 Å². The summed E-state index contributed by atoms with van der Waals surface area (Å²) >= 11 is 5.94. The Morgan fingerprint density at radius 3 is 2.56 bits per heavy atom. The molecule has 27 heavy (non-hydrogen) atoms. The second-order valence-electron chi connectivity index (χ2n) is 6.67. The number of ketones is 1. The van der Waals surface area contributed by atoms with Crippen LogP contribution in [0, 0.1) is 0 Å². The lowest BCUT2D eigenvalue weighted by Gasteiger charge is -2.13. The first-order chi connectivity index (χ1) is 13.0. The summed E-state index contributed by atoms with van der Waals surface area (Å²) in [5.41, 5.74) is 1.22. The predicted molar refractivity (Wildman–Crippen MR) is 108 cm³/mol. The summed E-state index contributed by atoms with van der Waals surface area (Å²) in [5.74, 6) is 0.639. The van der Waals surface area contributed by atoms with Crippen molar-refractivity contribution in [1.82, 2.24) is 9.55 Å². The van der Waals surface area contributed by atoms with E-state index < -0.39 is 0 Å². The SMILES string of the molecule is CCCCCc1nc(-c2ccc(Cl)cc2)cc(=O)n1CC(=O)CCCCO. The Labute approximate surface area is 165 Å². The number of benzene rings is 1. The number of carbonyl (C=O) groups excluding carboxylic acids is 1. The Hall–Kier alpha value is -1.98. The van der Waals surface area contributed by atoms with Crippen molar-refractivity contribution in [2.24, 2.45) is 0 Å². The minimum atomic E-state index is -0.211. The van der Waals surface area contributed by atoms with Gasteiger partial charge >= 0.3 is 0 Å². The number of aliphatic hydroxyl groups excluding tert-OH is 1. The van der Waals surface area contributed by atoms with E-state index in [4.69, 9.17) is 16.7 Å². The van der Waals surface area contributed by atoms with Gasteiger partial charge in [-0.05, 0) is 31.4 Å². The number of nitrogens with zero attached hydrogens (tertiary/aromatic N) is 2. The Kier molecular flexibility index (Phi) is 8.69. The van der Waals surface area contributed by atoms with E-state index in [0.717, 1.165) is 24.8 Å². The van der Waals surface area contributed by atoms with Crippen molar-refractivity contribution in [2.75, 3.05) is 6.61 Å². The molecule has 0 fully saturated rings. The Bertz CT molecular complexity index is 800. The van der Waals surface area contributed by atoms with E-state index in [9.17, 15) is 9.59 Å². The van der Waals surface area contributed by atoms with Gasteiger partial charge in [-0.1, -0.05) is 43.5 Å². The first-order valence-corrected chi connectivity index (χ1v) is 9.92. The molecular formula is C21H27ClN2O3. The number of unbranched alkanes of at least 4 members (excludes halogenated alkanes) is 3. The van der Waals surface area contributed by atoms with E-state index in [2.05, 4.69) is 11.9 Å². The molecule has 2 rings (SSSR count). The Balaban J connectivity index is 2.29. The Morgan fingerprint density at radius 1 is 1.15 bits per heavy atom. The number of halogens is 1. The fourth-order valence-electron chi connectivity index (χ4n) is 2.90. The maximum absolute atomic E-state index is 12.7. The standard InChI is InChI=1S/C21H27ClN2O3/c1-2-3-4-8-20-23-19(16-9-11-17(22)12-10-16)14-21(27)24(20)15-18(26)7-5-6-13-25/h9-12,14,25H,2-8,13,15H2,1H3. The zero-order valence-corrected chi connectivity index (χ0v) is 16.5. The first kappa shape index (κ1) is 21.3. The molecule has 0 amide bonds. The zero-order chi connectivity index (χ0) is 19.6. The molecular weight excluding hydrogens is 364 g/mol. The van der Waals surface area contributed by atoms with Crippen molar-refractivity contribution in [1.29, 1.82) is 0 Å². The molecule has 0 aliphatic heterocycles. The fourth-order valence-corrected chi connectivity index (χ4v) is 3.03. The third kappa shape index (κ3) is 6.60. The molecule has 5 nitrogen and oxygen atoms in total. The molecule has 1 heterocycles. The van der Waals surface area contributed by atoms with E-state index in [-0.39, 0.29) is 24.5 Å². The molecule has 1 aromatic carbocycles. The fraction of sp³-hybridized carbons (Fsp3) is 0.476. The third-order valence-corrected chi connectivity index (χ3v) is 4.68. The van der Waals surface area contributed by atoms with Gasteiger partial charge in [-0.3, -0.25) is 14.2 Å². The van der Waals surface area contributed by atoms with Crippen LogP contribution >= 0.6 is 11.6 Å².